The van der Waals surface area contributed by atoms with Crippen molar-refractivity contribution in [3.8, 4) is 0 Å². The summed E-state index contributed by atoms with van der Waals surface area (Å²) in [6.07, 6.45) is 1.74. The van der Waals surface area contributed by atoms with Crippen molar-refractivity contribution >= 4 is 16.0 Å². The summed E-state index contributed by atoms with van der Waals surface area (Å²) in [6, 6.07) is -1.07. The van der Waals surface area contributed by atoms with Crippen molar-refractivity contribution in [1.82, 2.24) is 4.72 Å². The second-order valence-corrected chi connectivity index (χ2v) is 5.65. The lowest BCUT2D eigenvalue weighted by Gasteiger charge is -2.13. The van der Waals surface area contributed by atoms with Crippen LogP contribution in [0, 0.1) is 5.92 Å². The number of rotatable bonds is 7. The third-order valence-corrected chi connectivity index (χ3v) is 3.73. The van der Waals surface area contributed by atoms with Gasteiger partial charge in [-0.15, -0.1) is 0 Å². The SMILES string of the molecule is CCCC(C)CS(=O)(=O)N[C@@H](C)C(=O)O. The Labute approximate surface area is 90.9 Å². The number of carboxylic acid groups (broad SMARTS) is 1. The van der Waals surface area contributed by atoms with Gasteiger partial charge in [0.2, 0.25) is 10.0 Å². The van der Waals surface area contributed by atoms with Crippen molar-refractivity contribution < 1.29 is 18.3 Å². The zero-order chi connectivity index (χ0) is 12.1. The molecule has 0 saturated carbocycles. The van der Waals surface area contributed by atoms with E-state index in [1.54, 1.807) is 0 Å². The molecule has 0 aliphatic rings. The van der Waals surface area contributed by atoms with Crippen LogP contribution in [0.2, 0.25) is 0 Å². The molecule has 0 bridgehead atoms. The fraction of sp³-hybridized carbons (Fsp3) is 0.889. The second kappa shape index (κ2) is 6.07. The van der Waals surface area contributed by atoms with Crippen LogP contribution in [0.15, 0.2) is 0 Å². The van der Waals surface area contributed by atoms with Crippen molar-refractivity contribution in [1.29, 1.82) is 0 Å². The zero-order valence-electron chi connectivity index (χ0n) is 9.36. The molecule has 0 aromatic carbocycles. The fourth-order valence-electron chi connectivity index (χ4n) is 1.32. The Morgan fingerprint density at radius 1 is 1.40 bits per heavy atom. The number of nitrogens with one attached hydrogen (secondary N) is 1. The zero-order valence-corrected chi connectivity index (χ0v) is 10.2. The predicted molar refractivity (Wildman–Crippen MR) is 58.1 cm³/mol. The maximum atomic E-state index is 11.5. The van der Waals surface area contributed by atoms with E-state index in [2.05, 4.69) is 4.72 Å². The standard InChI is InChI=1S/C9H19NO4S/c1-4-5-7(2)6-15(13,14)10-8(3)9(11)12/h7-8,10H,4-6H2,1-3H3,(H,11,12)/t7?,8-/m0/s1. The second-order valence-electron chi connectivity index (χ2n) is 3.85. The monoisotopic (exact) mass is 237 g/mol. The first kappa shape index (κ1) is 14.4. The number of carboxylic acids is 1. The van der Waals surface area contributed by atoms with Crippen LogP contribution in [-0.2, 0) is 14.8 Å². The van der Waals surface area contributed by atoms with Crippen LogP contribution >= 0.6 is 0 Å². The highest BCUT2D eigenvalue weighted by Crippen LogP contribution is 2.07. The first-order chi connectivity index (χ1) is 6.78. The van der Waals surface area contributed by atoms with Crippen molar-refractivity contribution in [2.24, 2.45) is 5.92 Å². The highest BCUT2D eigenvalue weighted by molar-refractivity contribution is 7.89. The molecule has 0 fully saturated rings. The van der Waals surface area contributed by atoms with Crippen LogP contribution in [0.1, 0.15) is 33.6 Å². The van der Waals surface area contributed by atoms with Crippen molar-refractivity contribution in [2.45, 2.75) is 39.7 Å². The molecule has 0 radical (unpaired) electrons. The van der Waals surface area contributed by atoms with E-state index in [-0.39, 0.29) is 11.7 Å². The summed E-state index contributed by atoms with van der Waals surface area (Å²) in [5, 5.41) is 8.56. The van der Waals surface area contributed by atoms with Gasteiger partial charge in [-0.2, -0.15) is 0 Å². The largest absolute Gasteiger partial charge is 0.480 e. The fourth-order valence-corrected chi connectivity index (χ4v) is 2.97. The molecular formula is C9H19NO4S. The summed E-state index contributed by atoms with van der Waals surface area (Å²) in [5.41, 5.74) is 0. The van der Waals surface area contributed by atoms with Crippen molar-refractivity contribution in [3.63, 3.8) is 0 Å². The molecule has 6 heteroatoms. The number of aliphatic carboxylic acids is 1. The summed E-state index contributed by atoms with van der Waals surface area (Å²) in [5.74, 6) is -1.13. The van der Waals surface area contributed by atoms with Gasteiger partial charge in [0.25, 0.3) is 0 Å². The highest BCUT2D eigenvalue weighted by Gasteiger charge is 2.21. The minimum Gasteiger partial charge on any atom is -0.480 e. The minimum atomic E-state index is -3.48. The van der Waals surface area contributed by atoms with Gasteiger partial charge in [-0.25, -0.2) is 13.1 Å². The molecule has 0 rings (SSSR count). The molecule has 1 unspecified atom stereocenters. The molecule has 0 spiro atoms. The van der Waals surface area contributed by atoms with E-state index in [0.717, 1.165) is 12.8 Å². The molecule has 0 saturated heterocycles. The Bertz CT molecular complexity index is 299. The Hall–Kier alpha value is -0.620. The lowest BCUT2D eigenvalue weighted by Crippen LogP contribution is -2.40. The molecule has 5 nitrogen and oxygen atoms in total. The number of hydrogen-bond donors (Lipinski definition) is 2. The molecule has 2 atom stereocenters. The van der Waals surface area contributed by atoms with Gasteiger partial charge in [0, 0.05) is 0 Å². The van der Waals surface area contributed by atoms with Gasteiger partial charge < -0.3 is 5.11 Å². The Morgan fingerprint density at radius 2 is 1.93 bits per heavy atom. The van der Waals surface area contributed by atoms with Crippen LogP contribution < -0.4 is 4.72 Å². The number of hydrogen-bond acceptors (Lipinski definition) is 3. The highest BCUT2D eigenvalue weighted by atomic mass is 32.2. The van der Waals surface area contributed by atoms with E-state index in [0.29, 0.717) is 0 Å². The van der Waals surface area contributed by atoms with Crippen LogP contribution in [0.5, 0.6) is 0 Å². The summed E-state index contributed by atoms with van der Waals surface area (Å²) < 4.78 is 25.0. The molecule has 0 amide bonds. The maximum Gasteiger partial charge on any atom is 0.321 e. The third-order valence-electron chi connectivity index (χ3n) is 2.01. The Morgan fingerprint density at radius 3 is 2.33 bits per heavy atom. The molecule has 0 heterocycles. The van der Waals surface area contributed by atoms with Crippen molar-refractivity contribution in [2.75, 3.05) is 5.75 Å². The lowest BCUT2D eigenvalue weighted by molar-refractivity contribution is -0.138. The van der Waals surface area contributed by atoms with E-state index in [9.17, 15) is 13.2 Å². The first-order valence-corrected chi connectivity index (χ1v) is 6.66. The van der Waals surface area contributed by atoms with E-state index in [1.165, 1.54) is 6.92 Å². The molecule has 90 valence electrons. The molecule has 15 heavy (non-hydrogen) atoms. The van der Waals surface area contributed by atoms with Gasteiger partial charge in [-0.1, -0.05) is 20.3 Å². The summed E-state index contributed by atoms with van der Waals surface area (Å²) >= 11 is 0. The Balaban J connectivity index is 4.25. The van der Waals surface area contributed by atoms with E-state index in [4.69, 9.17) is 5.11 Å². The van der Waals surface area contributed by atoms with Crippen LogP contribution in [0.4, 0.5) is 0 Å². The number of carbonyl (C=O) groups is 1. The van der Waals surface area contributed by atoms with Gasteiger partial charge in [0.15, 0.2) is 0 Å². The molecule has 2 N–H and O–H groups in total. The Kier molecular flexibility index (Phi) is 5.82. The molecular weight excluding hydrogens is 218 g/mol. The summed E-state index contributed by atoms with van der Waals surface area (Å²) in [7, 11) is -3.48. The van der Waals surface area contributed by atoms with E-state index < -0.39 is 22.0 Å². The average Bonchev–Trinajstić information content (AvgIpc) is 2.01. The van der Waals surface area contributed by atoms with Crippen LogP contribution in [0.25, 0.3) is 0 Å². The minimum absolute atomic E-state index is 0.0154. The quantitative estimate of drug-likeness (QED) is 0.686. The van der Waals surface area contributed by atoms with E-state index in [1.807, 2.05) is 13.8 Å². The van der Waals surface area contributed by atoms with Gasteiger partial charge >= 0.3 is 5.97 Å². The number of sulfonamides is 1. The van der Waals surface area contributed by atoms with Gasteiger partial charge in [-0.3, -0.25) is 4.79 Å². The molecule has 0 aromatic heterocycles. The van der Waals surface area contributed by atoms with Crippen LogP contribution in [0.3, 0.4) is 0 Å². The average molecular weight is 237 g/mol. The summed E-state index contributed by atoms with van der Waals surface area (Å²) in [4.78, 5) is 10.5. The van der Waals surface area contributed by atoms with E-state index >= 15 is 0 Å². The lowest BCUT2D eigenvalue weighted by atomic mass is 10.1. The molecule has 0 aliphatic carbocycles. The predicted octanol–water partition coefficient (Wildman–Crippen LogP) is 0.815. The topological polar surface area (TPSA) is 83.5 Å². The normalized spacial score (nSPS) is 15.9. The van der Waals surface area contributed by atoms with Gasteiger partial charge in [0.1, 0.15) is 6.04 Å². The van der Waals surface area contributed by atoms with Gasteiger partial charge in [-0.05, 0) is 19.3 Å². The molecule has 0 aliphatic heterocycles. The smallest absolute Gasteiger partial charge is 0.321 e. The summed E-state index contributed by atoms with van der Waals surface area (Å²) in [6.45, 7) is 5.13. The van der Waals surface area contributed by atoms with Gasteiger partial charge in [0.05, 0.1) is 5.75 Å². The van der Waals surface area contributed by atoms with Crippen LogP contribution in [-0.4, -0.2) is 31.3 Å². The maximum absolute atomic E-state index is 11.5. The van der Waals surface area contributed by atoms with Crippen molar-refractivity contribution in [3.05, 3.63) is 0 Å². The third kappa shape index (κ3) is 6.46. The first-order valence-electron chi connectivity index (χ1n) is 5.01. The molecule has 0 aromatic rings.